The molecule has 4 aromatic carbocycles. The number of aryl methyl sites for hydroxylation is 2. The first-order valence-electron chi connectivity index (χ1n) is 21.5. The van der Waals surface area contributed by atoms with Crippen molar-refractivity contribution in [3.8, 4) is 0 Å². The second-order valence-electron chi connectivity index (χ2n) is 18.2. The van der Waals surface area contributed by atoms with Crippen LogP contribution in [0.25, 0.3) is 21.8 Å². The molecule has 340 valence electrons. The number of hydrogen-bond donors (Lipinski definition) is 4. The summed E-state index contributed by atoms with van der Waals surface area (Å²) in [5, 5.41) is 14.3. The summed E-state index contributed by atoms with van der Waals surface area (Å²) in [5.41, 5.74) is 3.10. The van der Waals surface area contributed by atoms with Crippen molar-refractivity contribution in [3.05, 3.63) is 107 Å². The molecule has 16 nitrogen and oxygen atoms in total. The molecule has 0 spiro atoms. The summed E-state index contributed by atoms with van der Waals surface area (Å²) >= 11 is 0. The van der Waals surface area contributed by atoms with Gasteiger partial charge in [-0.3, -0.25) is 9.59 Å². The van der Waals surface area contributed by atoms with Crippen LogP contribution in [0, 0.1) is 13.8 Å². The van der Waals surface area contributed by atoms with E-state index in [0.717, 1.165) is 21.9 Å². The number of benzene rings is 4. The molecule has 2 amide bonds. The third-order valence-corrected chi connectivity index (χ3v) is 15.1. The first-order valence-corrected chi connectivity index (χ1v) is 24.8. The Balaban J connectivity index is 0.913. The molecule has 2 aromatic heterocycles. The molecule has 0 atom stereocenters. The molecule has 6 aromatic rings. The number of fused-ring (bicyclic) bond motifs is 4. The smallest absolute Gasteiger partial charge is 0.229 e. The van der Waals surface area contributed by atoms with Gasteiger partial charge in [0.05, 0.1) is 43.4 Å². The van der Waals surface area contributed by atoms with Gasteiger partial charge in [0.2, 0.25) is 23.7 Å². The van der Waals surface area contributed by atoms with E-state index in [1.807, 2.05) is 112 Å². The molecule has 65 heavy (non-hydrogen) atoms. The summed E-state index contributed by atoms with van der Waals surface area (Å²) in [5.74, 6) is 0.762. The van der Waals surface area contributed by atoms with E-state index in [-0.39, 0.29) is 37.7 Å². The average Bonchev–Trinajstić information content (AvgIpc) is 3.47. The lowest BCUT2D eigenvalue weighted by molar-refractivity contribution is -0.130. The zero-order valence-electron chi connectivity index (χ0n) is 37.4. The molecule has 0 unspecified atom stereocenters. The van der Waals surface area contributed by atoms with E-state index in [1.165, 1.54) is 0 Å². The molecule has 0 saturated carbocycles. The van der Waals surface area contributed by atoms with Gasteiger partial charge in [-0.1, -0.05) is 59.7 Å². The highest BCUT2D eigenvalue weighted by Gasteiger charge is 2.30. The number of nitrogens with zero attached hydrogens (tertiary/aromatic N) is 6. The standard InChI is InChI=1S/C47H54N10O6S2/c1-30-15-17-36-34(23-30)42(52-44(50-36)56-19-21-64(60,61)38-13-9-7-11-32(38)26-56)48-28-46(3,4)54-40(58)25-41(59)55-47(5,6)29-49-43-35-24-31(2)16-18-37(35)51-45(53-43)57-20-22-65(62,63)39-14-10-8-12-33(39)27-57/h7-18,23-24H,19-22,25-29H2,1-6H3,(H,54,58)(H,55,59)(H,48,50,52)(H,49,51,53). The zero-order valence-corrected chi connectivity index (χ0v) is 39.0. The number of amides is 2. The molecule has 0 radical (unpaired) electrons. The topological polar surface area (TPSA) is 209 Å². The van der Waals surface area contributed by atoms with Crippen LogP contribution in [0.4, 0.5) is 23.5 Å². The van der Waals surface area contributed by atoms with E-state index < -0.39 is 49.0 Å². The van der Waals surface area contributed by atoms with E-state index >= 15 is 0 Å². The maximum Gasteiger partial charge on any atom is 0.229 e. The van der Waals surface area contributed by atoms with Crippen molar-refractivity contribution in [2.45, 2.75) is 81.9 Å². The van der Waals surface area contributed by atoms with Crippen LogP contribution in [0.2, 0.25) is 0 Å². The number of carbonyl (C=O) groups is 2. The Morgan fingerprint density at radius 3 is 1.40 bits per heavy atom. The third-order valence-electron chi connectivity index (χ3n) is 11.5. The molecule has 4 heterocycles. The van der Waals surface area contributed by atoms with Crippen LogP contribution in [0.1, 0.15) is 56.4 Å². The van der Waals surface area contributed by atoms with Crippen molar-refractivity contribution in [1.29, 1.82) is 0 Å². The second-order valence-corrected chi connectivity index (χ2v) is 22.4. The van der Waals surface area contributed by atoms with E-state index in [2.05, 4.69) is 21.3 Å². The Morgan fingerprint density at radius 1 is 0.585 bits per heavy atom. The van der Waals surface area contributed by atoms with E-state index in [0.29, 0.717) is 68.6 Å². The van der Waals surface area contributed by atoms with Gasteiger partial charge in [0, 0.05) is 50.0 Å². The monoisotopic (exact) mass is 918 g/mol. The van der Waals surface area contributed by atoms with Crippen molar-refractivity contribution in [1.82, 2.24) is 30.6 Å². The third kappa shape index (κ3) is 10.3. The zero-order chi connectivity index (χ0) is 46.3. The fourth-order valence-corrected chi connectivity index (χ4v) is 11.2. The van der Waals surface area contributed by atoms with Crippen LogP contribution in [0.15, 0.2) is 94.7 Å². The number of anilines is 4. The highest BCUT2D eigenvalue weighted by atomic mass is 32.2. The summed E-state index contributed by atoms with van der Waals surface area (Å²) in [4.78, 5) is 50.7. The van der Waals surface area contributed by atoms with E-state index in [1.54, 1.807) is 24.3 Å². The van der Waals surface area contributed by atoms with Crippen LogP contribution < -0.4 is 31.1 Å². The van der Waals surface area contributed by atoms with Gasteiger partial charge in [-0.25, -0.2) is 26.8 Å². The Labute approximate surface area is 379 Å². The van der Waals surface area contributed by atoms with E-state index in [9.17, 15) is 26.4 Å². The maximum atomic E-state index is 13.4. The first-order chi connectivity index (χ1) is 30.7. The van der Waals surface area contributed by atoms with E-state index in [4.69, 9.17) is 19.9 Å². The highest BCUT2D eigenvalue weighted by molar-refractivity contribution is 7.91. The highest BCUT2D eigenvalue weighted by Crippen LogP contribution is 2.31. The van der Waals surface area contributed by atoms with Crippen molar-refractivity contribution >= 4 is 76.8 Å². The number of carbonyl (C=O) groups excluding carboxylic acids is 2. The molecule has 18 heteroatoms. The molecule has 2 aliphatic rings. The van der Waals surface area contributed by atoms with Crippen molar-refractivity contribution in [3.63, 3.8) is 0 Å². The van der Waals surface area contributed by atoms with Crippen molar-refractivity contribution in [2.75, 3.05) is 58.1 Å². The molecular formula is C47H54N10O6S2. The number of hydrogen-bond acceptors (Lipinski definition) is 14. The number of aromatic nitrogens is 4. The van der Waals surface area contributed by atoms with Crippen molar-refractivity contribution < 1.29 is 26.4 Å². The molecule has 0 fully saturated rings. The quantitative estimate of drug-likeness (QED) is 0.112. The Hall–Kier alpha value is -6.40. The van der Waals surface area contributed by atoms with Gasteiger partial charge in [0.1, 0.15) is 18.1 Å². The summed E-state index contributed by atoms with van der Waals surface area (Å²) in [6.45, 7) is 12.9. The van der Waals surface area contributed by atoms with Crippen LogP contribution >= 0.6 is 0 Å². The van der Waals surface area contributed by atoms with Gasteiger partial charge in [0.15, 0.2) is 19.7 Å². The molecule has 0 saturated heterocycles. The van der Waals surface area contributed by atoms with Crippen LogP contribution in [-0.4, -0.2) is 97.3 Å². The lowest BCUT2D eigenvalue weighted by Gasteiger charge is -2.29. The molecule has 2 aliphatic heterocycles. The SMILES string of the molecule is Cc1ccc2nc(N3CCS(=O)(=O)c4ccccc4C3)nc(NCC(C)(C)NC(=O)CC(=O)NC(C)(C)CNc3nc(N4CCS(=O)(=O)c5ccccc5C4)nc4ccc(C)cc34)c2c1. The minimum Gasteiger partial charge on any atom is -0.367 e. The van der Waals surface area contributed by atoms with Gasteiger partial charge in [-0.2, -0.15) is 9.97 Å². The fraction of sp³-hybridized carbons (Fsp3) is 0.362. The normalized spacial score (nSPS) is 15.9. The summed E-state index contributed by atoms with van der Waals surface area (Å²) in [6, 6.07) is 25.7. The van der Waals surface area contributed by atoms with Gasteiger partial charge < -0.3 is 31.1 Å². The Kier molecular flexibility index (Phi) is 12.2. The number of nitrogens with one attached hydrogen (secondary N) is 4. The number of rotatable bonds is 12. The number of sulfone groups is 2. The van der Waals surface area contributed by atoms with Gasteiger partial charge in [0.25, 0.3) is 0 Å². The van der Waals surface area contributed by atoms with Gasteiger partial charge in [-0.15, -0.1) is 0 Å². The van der Waals surface area contributed by atoms with Crippen molar-refractivity contribution in [2.24, 2.45) is 0 Å². The second kappa shape index (κ2) is 17.5. The van der Waals surface area contributed by atoms with Gasteiger partial charge >= 0.3 is 0 Å². The first kappa shape index (κ1) is 45.2. The largest absolute Gasteiger partial charge is 0.367 e. The summed E-state index contributed by atoms with van der Waals surface area (Å²) < 4.78 is 52.4. The predicted octanol–water partition coefficient (Wildman–Crippen LogP) is 5.48. The lowest BCUT2D eigenvalue weighted by Crippen LogP contribution is -2.52. The fourth-order valence-electron chi connectivity index (χ4n) is 8.17. The minimum absolute atomic E-state index is 0.0750. The molecule has 8 rings (SSSR count). The van der Waals surface area contributed by atoms with Crippen LogP contribution in [-0.2, 0) is 42.4 Å². The van der Waals surface area contributed by atoms with Gasteiger partial charge in [-0.05, 0) is 89.1 Å². The Morgan fingerprint density at radius 2 is 0.985 bits per heavy atom. The lowest BCUT2D eigenvalue weighted by atomic mass is 10.0. The Bertz CT molecular complexity index is 2860. The van der Waals surface area contributed by atoms with Crippen LogP contribution in [0.3, 0.4) is 0 Å². The minimum atomic E-state index is -3.48. The molecule has 0 bridgehead atoms. The summed E-state index contributed by atoms with van der Waals surface area (Å²) in [7, 11) is -6.96. The predicted molar refractivity (Wildman–Crippen MR) is 254 cm³/mol. The molecule has 4 N–H and O–H groups in total. The molecular weight excluding hydrogens is 865 g/mol. The molecule has 0 aliphatic carbocycles. The average molecular weight is 919 g/mol. The maximum absolute atomic E-state index is 13.4. The summed E-state index contributed by atoms with van der Waals surface area (Å²) in [6.07, 6.45) is -0.412. The van der Waals surface area contributed by atoms with Crippen LogP contribution in [0.5, 0.6) is 0 Å².